The fourth-order valence-electron chi connectivity index (χ4n) is 1.75. The van der Waals surface area contributed by atoms with Crippen molar-refractivity contribution in [1.29, 1.82) is 0 Å². The minimum atomic E-state index is -1.37. The number of aliphatic hydroxyl groups is 1. The zero-order valence-electron chi connectivity index (χ0n) is 10.2. The van der Waals surface area contributed by atoms with E-state index in [1.807, 2.05) is 0 Å². The quantitative estimate of drug-likeness (QED) is 0.844. The molecule has 0 spiro atoms. The molecule has 2 rings (SSSR count). The molecular weight excluding hydrogens is 274 g/mol. The lowest BCUT2D eigenvalue weighted by atomic mass is 10.1. The summed E-state index contributed by atoms with van der Waals surface area (Å²) in [6.45, 7) is -0.319. The van der Waals surface area contributed by atoms with E-state index in [2.05, 4.69) is 5.32 Å². The SMILES string of the molecule is OC(CNc1c(F)cccc1F)c1ccc(F)cc1F. The van der Waals surface area contributed by atoms with E-state index in [0.29, 0.717) is 6.07 Å². The van der Waals surface area contributed by atoms with Gasteiger partial charge in [0.05, 0.1) is 6.10 Å². The third-order valence-electron chi connectivity index (χ3n) is 2.76. The van der Waals surface area contributed by atoms with Crippen LogP contribution in [0.1, 0.15) is 11.7 Å². The number of rotatable bonds is 4. The molecule has 20 heavy (non-hydrogen) atoms. The molecule has 0 fully saturated rings. The second-order valence-electron chi connectivity index (χ2n) is 4.16. The van der Waals surface area contributed by atoms with Gasteiger partial charge in [-0.05, 0) is 18.2 Å². The van der Waals surface area contributed by atoms with Crippen LogP contribution in [0.2, 0.25) is 0 Å². The van der Waals surface area contributed by atoms with Gasteiger partial charge < -0.3 is 10.4 Å². The van der Waals surface area contributed by atoms with Crippen LogP contribution >= 0.6 is 0 Å². The van der Waals surface area contributed by atoms with Crippen LogP contribution in [0.25, 0.3) is 0 Å². The smallest absolute Gasteiger partial charge is 0.149 e. The number of halogens is 4. The lowest BCUT2D eigenvalue weighted by Gasteiger charge is -2.14. The lowest BCUT2D eigenvalue weighted by Crippen LogP contribution is -2.15. The molecule has 0 aliphatic carbocycles. The van der Waals surface area contributed by atoms with E-state index in [-0.39, 0.29) is 12.1 Å². The molecule has 6 heteroatoms. The number of hydrogen-bond acceptors (Lipinski definition) is 2. The van der Waals surface area contributed by atoms with E-state index >= 15 is 0 Å². The molecule has 0 aliphatic heterocycles. The Kier molecular flexibility index (Phi) is 4.24. The van der Waals surface area contributed by atoms with Gasteiger partial charge in [0.1, 0.15) is 29.0 Å². The Balaban J connectivity index is 2.11. The molecular formula is C14H11F4NO. The van der Waals surface area contributed by atoms with Crippen LogP contribution in [0.15, 0.2) is 36.4 Å². The minimum Gasteiger partial charge on any atom is -0.386 e. The Morgan fingerprint density at radius 1 is 0.950 bits per heavy atom. The molecule has 0 aromatic heterocycles. The Hall–Kier alpha value is -2.08. The van der Waals surface area contributed by atoms with Gasteiger partial charge in [0.15, 0.2) is 0 Å². The topological polar surface area (TPSA) is 32.3 Å². The average molecular weight is 285 g/mol. The van der Waals surface area contributed by atoms with Gasteiger partial charge >= 0.3 is 0 Å². The number of benzene rings is 2. The molecule has 2 nitrogen and oxygen atoms in total. The van der Waals surface area contributed by atoms with Gasteiger partial charge in [0, 0.05) is 18.2 Å². The number of hydrogen-bond donors (Lipinski definition) is 2. The molecule has 1 unspecified atom stereocenters. The fraction of sp³-hybridized carbons (Fsp3) is 0.143. The highest BCUT2D eigenvalue weighted by Gasteiger charge is 2.15. The summed E-state index contributed by atoms with van der Waals surface area (Å²) in [6.07, 6.45) is -1.37. The Bertz CT molecular complexity index is 598. The van der Waals surface area contributed by atoms with Gasteiger partial charge in [-0.2, -0.15) is 0 Å². The average Bonchev–Trinajstić information content (AvgIpc) is 2.37. The maximum Gasteiger partial charge on any atom is 0.149 e. The minimum absolute atomic E-state index is 0.157. The highest BCUT2D eigenvalue weighted by Crippen LogP contribution is 2.22. The number of nitrogens with one attached hydrogen (secondary N) is 1. The summed E-state index contributed by atoms with van der Waals surface area (Å²) in [7, 11) is 0. The van der Waals surface area contributed by atoms with Crippen LogP contribution in [0, 0.1) is 23.3 Å². The Morgan fingerprint density at radius 2 is 1.60 bits per heavy atom. The van der Waals surface area contributed by atoms with E-state index in [0.717, 1.165) is 24.3 Å². The number of para-hydroxylation sites is 1. The summed E-state index contributed by atoms with van der Waals surface area (Å²) in [5.41, 5.74) is -0.565. The lowest BCUT2D eigenvalue weighted by molar-refractivity contribution is 0.186. The van der Waals surface area contributed by atoms with Gasteiger partial charge in [-0.25, -0.2) is 17.6 Å². The third kappa shape index (κ3) is 3.08. The van der Waals surface area contributed by atoms with E-state index in [1.165, 1.54) is 6.07 Å². The normalized spacial score (nSPS) is 12.2. The van der Waals surface area contributed by atoms with E-state index < -0.39 is 35.1 Å². The van der Waals surface area contributed by atoms with Crippen molar-refractivity contribution in [2.24, 2.45) is 0 Å². The summed E-state index contributed by atoms with van der Waals surface area (Å²) in [5, 5.41) is 12.1. The second-order valence-corrected chi connectivity index (χ2v) is 4.16. The summed E-state index contributed by atoms with van der Waals surface area (Å²) < 4.78 is 52.8. The molecule has 0 saturated carbocycles. The first-order valence-corrected chi connectivity index (χ1v) is 5.80. The Labute approximate surface area is 112 Å². The highest BCUT2D eigenvalue weighted by molar-refractivity contribution is 5.46. The van der Waals surface area contributed by atoms with Crippen molar-refractivity contribution in [1.82, 2.24) is 0 Å². The van der Waals surface area contributed by atoms with Crippen molar-refractivity contribution < 1.29 is 22.7 Å². The van der Waals surface area contributed by atoms with Crippen LogP contribution in [-0.4, -0.2) is 11.7 Å². The van der Waals surface area contributed by atoms with Crippen molar-refractivity contribution in [2.45, 2.75) is 6.10 Å². The third-order valence-corrected chi connectivity index (χ3v) is 2.76. The molecule has 2 N–H and O–H groups in total. The zero-order chi connectivity index (χ0) is 14.7. The first-order valence-electron chi connectivity index (χ1n) is 5.80. The molecule has 0 radical (unpaired) electrons. The van der Waals surface area contributed by atoms with Gasteiger partial charge in [0.25, 0.3) is 0 Å². The fourth-order valence-corrected chi connectivity index (χ4v) is 1.75. The standard InChI is InChI=1S/C14H11F4NO/c15-8-4-5-9(12(18)6-8)13(20)7-19-14-10(16)2-1-3-11(14)17/h1-6,13,19-20H,7H2. The highest BCUT2D eigenvalue weighted by atomic mass is 19.1. The monoisotopic (exact) mass is 285 g/mol. The van der Waals surface area contributed by atoms with Crippen LogP contribution in [0.3, 0.4) is 0 Å². The van der Waals surface area contributed by atoms with E-state index in [4.69, 9.17) is 0 Å². The van der Waals surface area contributed by atoms with Gasteiger partial charge in [-0.15, -0.1) is 0 Å². The summed E-state index contributed by atoms with van der Waals surface area (Å²) in [5.74, 6) is -3.34. The summed E-state index contributed by atoms with van der Waals surface area (Å²) in [6, 6.07) is 6.00. The van der Waals surface area contributed by atoms with Crippen molar-refractivity contribution >= 4 is 5.69 Å². The first-order chi connectivity index (χ1) is 9.49. The van der Waals surface area contributed by atoms with E-state index in [9.17, 15) is 22.7 Å². The molecule has 0 saturated heterocycles. The molecule has 0 aliphatic rings. The second kappa shape index (κ2) is 5.92. The zero-order valence-corrected chi connectivity index (χ0v) is 10.2. The number of aliphatic hydroxyl groups excluding tert-OH is 1. The molecule has 2 aromatic carbocycles. The molecule has 0 amide bonds. The van der Waals surface area contributed by atoms with Crippen LogP contribution in [0.4, 0.5) is 23.2 Å². The Morgan fingerprint density at radius 3 is 2.20 bits per heavy atom. The van der Waals surface area contributed by atoms with Crippen molar-refractivity contribution in [3.63, 3.8) is 0 Å². The van der Waals surface area contributed by atoms with Crippen molar-refractivity contribution in [3.05, 3.63) is 65.2 Å². The van der Waals surface area contributed by atoms with Crippen LogP contribution in [0.5, 0.6) is 0 Å². The predicted octanol–water partition coefficient (Wildman–Crippen LogP) is 3.39. The molecule has 1 atom stereocenters. The molecule has 2 aromatic rings. The van der Waals surface area contributed by atoms with Gasteiger partial charge in [-0.3, -0.25) is 0 Å². The van der Waals surface area contributed by atoms with Crippen LogP contribution in [-0.2, 0) is 0 Å². The summed E-state index contributed by atoms with van der Waals surface area (Å²) in [4.78, 5) is 0. The van der Waals surface area contributed by atoms with Crippen molar-refractivity contribution in [2.75, 3.05) is 11.9 Å². The van der Waals surface area contributed by atoms with Gasteiger partial charge in [0.2, 0.25) is 0 Å². The molecule has 106 valence electrons. The maximum atomic E-state index is 13.4. The summed E-state index contributed by atoms with van der Waals surface area (Å²) >= 11 is 0. The van der Waals surface area contributed by atoms with E-state index in [1.54, 1.807) is 0 Å². The van der Waals surface area contributed by atoms with Gasteiger partial charge in [-0.1, -0.05) is 12.1 Å². The number of anilines is 1. The van der Waals surface area contributed by atoms with Crippen molar-refractivity contribution in [3.8, 4) is 0 Å². The molecule has 0 bridgehead atoms. The largest absolute Gasteiger partial charge is 0.386 e. The predicted molar refractivity (Wildman–Crippen MR) is 66.2 cm³/mol. The maximum absolute atomic E-state index is 13.4. The van der Waals surface area contributed by atoms with Crippen LogP contribution < -0.4 is 5.32 Å². The first kappa shape index (κ1) is 14.3. The molecule has 0 heterocycles.